The summed E-state index contributed by atoms with van der Waals surface area (Å²) >= 11 is 0. The summed E-state index contributed by atoms with van der Waals surface area (Å²) in [6.07, 6.45) is 4.33. The minimum Gasteiger partial charge on any atom is -0.324 e. The van der Waals surface area contributed by atoms with Crippen LogP contribution in [-0.2, 0) is 0 Å². The second-order valence-electron chi connectivity index (χ2n) is 3.32. The first-order valence-corrected chi connectivity index (χ1v) is 4.77. The van der Waals surface area contributed by atoms with E-state index in [1.165, 1.54) is 0 Å². The Morgan fingerprint density at radius 3 is 2.64 bits per heavy atom. The molecule has 0 radical (unpaired) electrons. The summed E-state index contributed by atoms with van der Waals surface area (Å²) in [6.45, 7) is 2.07. The lowest BCUT2D eigenvalue weighted by Gasteiger charge is -2.08. The molecule has 3 nitrogen and oxygen atoms in total. The van der Waals surface area contributed by atoms with E-state index in [9.17, 15) is 0 Å². The highest BCUT2D eigenvalue weighted by atomic mass is 14.8. The van der Waals surface area contributed by atoms with E-state index in [-0.39, 0.29) is 6.04 Å². The van der Waals surface area contributed by atoms with Crippen LogP contribution in [0.5, 0.6) is 0 Å². The molecule has 14 heavy (non-hydrogen) atoms. The molecule has 0 amide bonds. The van der Waals surface area contributed by atoms with Gasteiger partial charge in [0.15, 0.2) is 0 Å². The lowest BCUT2D eigenvalue weighted by atomic mass is 10.1. The number of aromatic nitrogens is 2. The molecule has 2 rings (SSSR count). The van der Waals surface area contributed by atoms with Crippen molar-refractivity contribution in [3.05, 3.63) is 36.2 Å². The van der Waals surface area contributed by atoms with Crippen molar-refractivity contribution in [1.29, 1.82) is 0 Å². The number of fused-ring (bicyclic) bond motifs is 1. The van der Waals surface area contributed by atoms with Crippen LogP contribution in [-0.4, -0.2) is 9.97 Å². The van der Waals surface area contributed by atoms with Crippen molar-refractivity contribution >= 4 is 11.0 Å². The fourth-order valence-electron chi connectivity index (χ4n) is 1.45. The molecular formula is C11H13N3. The van der Waals surface area contributed by atoms with Crippen molar-refractivity contribution in [3.63, 3.8) is 0 Å². The van der Waals surface area contributed by atoms with Crippen molar-refractivity contribution in [1.82, 2.24) is 9.97 Å². The molecule has 1 heterocycles. The fraction of sp³-hybridized carbons (Fsp3) is 0.273. The van der Waals surface area contributed by atoms with Gasteiger partial charge in [-0.05, 0) is 24.1 Å². The van der Waals surface area contributed by atoms with Gasteiger partial charge in [-0.25, -0.2) is 0 Å². The summed E-state index contributed by atoms with van der Waals surface area (Å²) in [5, 5.41) is 0. The average molecular weight is 187 g/mol. The summed E-state index contributed by atoms with van der Waals surface area (Å²) in [5.41, 5.74) is 8.89. The Bertz CT molecular complexity index is 439. The molecule has 3 heteroatoms. The van der Waals surface area contributed by atoms with Gasteiger partial charge in [-0.1, -0.05) is 13.0 Å². The number of rotatable bonds is 2. The van der Waals surface area contributed by atoms with Crippen LogP contribution in [0, 0.1) is 0 Å². The standard InChI is InChI=1S/C11H13N3/c1-2-9(12)8-3-4-10-11(7-8)14-6-5-13-10/h3-7,9H,2,12H2,1H3. The topological polar surface area (TPSA) is 51.8 Å². The van der Waals surface area contributed by atoms with Crippen LogP contribution in [0.2, 0.25) is 0 Å². The third-order valence-corrected chi connectivity index (χ3v) is 2.36. The van der Waals surface area contributed by atoms with Crippen LogP contribution in [0.3, 0.4) is 0 Å². The SMILES string of the molecule is CCC(N)c1ccc2nccnc2c1. The quantitative estimate of drug-likeness (QED) is 0.782. The Labute approximate surface area is 83.0 Å². The van der Waals surface area contributed by atoms with Crippen molar-refractivity contribution < 1.29 is 0 Å². The second kappa shape index (κ2) is 3.72. The zero-order valence-electron chi connectivity index (χ0n) is 8.14. The molecule has 1 aromatic carbocycles. The Hall–Kier alpha value is -1.48. The third-order valence-electron chi connectivity index (χ3n) is 2.36. The lowest BCUT2D eigenvalue weighted by molar-refractivity contribution is 0.699. The van der Waals surface area contributed by atoms with Gasteiger partial charge >= 0.3 is 0 Å². The first kappa shape index (κ1) is 9.09. The minimum absolute atomic E-state index is 0.0985. The third kappa shape index (κ3) is 1.59. The number of benzene rings is 1. The predicted molar refractivity (Wildman–Crippen MR) is 56.8 cm³/mol. The van der Waals surface area contributed by atoms with Crippen LogP contribution < -0.4 is 5.73 Å². The molecule has 0 fully saturated rings. The van der Waals surface area contributed by atoms with E-state index < -0.39 is 0 Å². The molecule has 0 spiro atoms. The second-order valence-corrected chi connectivity index (χ2v) is 3.32. The van der Waals surface area contributed by atoms with Crippen LogP contribution in [0.4, 0.5) is 0 Å². The maximum absolute atomic E-state index is 5.94. The largest absolute Gasteiger partial charge is 0.324 e. The molecule has 2 N–H and O–H groups in total. The molecule has 0 aliphatic rings. The molecule has 2 aromatic rings. The van der Waals surface area contributed by atoms with E-state index in [1.807, 2.05) is 18.2 Å². The lowest BCUT2D eigenvalue weighted by Crippen LogP contribution is -2.08. The summed E-state index contributed by atoms with van der Waals surface area (Å²) in [5.74, 6) is 0. The van der Waals surface area contributed by atoms with Gasteiger partial charge in [0.2, 0.25) is 0 Å². The van der Waals surface area contributed by atoms with E-state index in [1.54, 1.807) is 12.4 Å². The molecule has 0 aliphatic heterocycles. The van der Waals surface area contributed by atoms with E-state index in [0.717, 1.165) is 23.0 Å². The van der Waals surface area contributed by atoms with Crippen LogP contribution in [0.25, 0.3) is 11.0 Å². The van der Waals surface area contributed by atoms with Gasteiger partial charge in [-0.15, -0.1) is 0 Å². The van der Waals surface area contributed by atoms with E-state index in [2.05, 4.69) is 16.9 Å². The Morgan fingerprint density at radius 2 is 1.93 bits per heavy atom. The Balaban J connectivity index is 2.51. The fourth-order valence-corrected chi connectivity index (χ4v) is 1.45. The van der Waals surface area contributed by atoms with Gasteiger partial charge in [0.25, 0.3) is 0 Å². The first-order chi connectivity index (χ1) is 6.81. The molecule has 0 saturated heterocycles. The highest BCUT2D eigenvalue weighted by molar-refractivity contribution is 5.74. The summed E-state index contributed by atoms with van der Waals surface area (Å²) in [6, 6.07) is 6.09. The summed E-state index contributed by atoms with van der Waals surface area (Å²) in [4.78, 5) is 8.44. The monoisotopic (exact) mass is 187 g/mol. The van der Waals surface area contributed by atoms with Crippen molar-refractivity contribution in [2.75, 3.05) is 0 Å². The molecule has 0 saturated carbocycles. The van der Waals surface area contributed by atoms with Crippen molar-refractivity contribution in [3.8, 4) is 0 Å². The van der Waals surface area contributed by atoms with Crippen LogP contribution in [0.15, 0.2) is 30.6 Å². The maximum Gasteiger partial charge on any atom is 0.0890 e. The van der Waals surface area contributed by atoms with Gasteiger partial charge in [0, 0.05) is 18.4 Å². The zero-order valence-corrected chi connectivity index (χ0v) is 8.14. The normalized spacial score (nSPS) is 13.0. The molecule has 0 bridgehead atoms. The molecule has 1 aromatic heterocycles. The smallest absolute Gasteiger partial charge is 0.0890 e. The molecule has 0 aliphatic carbocycles. The highest BCUT2D eigenvalue weighted by Gasteiger charge is 2.04. The number of hydrogen-bond acceptors (Lipinski definition) is 3. The van der Waals surface area contributed by atoms with Gasteiger partial charge < -0.3 is 5.73 Å². The van der Waals surface area contributed by atoms with Crippen LogP contribution in [0.1, 0.15) is 24.9 Å². The van der Waals surface area contributed by atoms with Crippen molar-refractivity contribution in [2.24, 2.45) is 5.73 Å². The molecule has 72 valence electrons. The van der Waals surface area contributed by atoms with E-state index in [0.29, 0.717) is 0 Å². The van der Waals surface area contributed by atoms with E-state index in [4.69, 9.17) is 5.73 Å². The summed E-state index contributed by atoms with van der Waals surface area (Å²) in [7, 11) is 0. The van der Waals surface area contributed by atoms with Gasteiger partial charge in [-0.2, -0.15) is 0 Å². The molecular weight excluding hydrogens is 174 g/mol. The molecule has 1 atom stereocenters. The molecule has 1 unspecified atom stereocenters. The zero-order chi connectivity index (χ0) is 9.97. The Kier molecular flexibility index (Phi) is 2.41. The maximum atomic E-state index is 5.94. The van der Waals surface area contributed by atoms with Gasteiger partial charge in [-0.3, -0.25) is 9.97 Å². The van der Waals surface area contributed by atoms with E-state index >= 15 is 0 Å². The van der Waals surface area contributed by atoms with Gasteiger partial charge in [0.05, 0.1) is 11.0 Å². The number of hydrogen-bond donors (Lipinski definition) is 1. The predicted octanol–water partition coefficient (Wildman–Crippen LogP) is 2.04. The van der Waals surface area contributed by atoms with Gasteiger partial charge in [0.1, 0.15) is 0 Å². The summed E-state index contributed by atoms with van der Waals surface area (Å²) < 4.78 is 0. The van der Waals surface area contributed by atoms with Crippen LogP contribution >= 0.6 is 0 Å². The van der Waals surface area contributed by atoms with Crippen molar-refractivity contribution in [2.45, 2.75) is 19.4 Å². The Morgan fingerprint density at radius 1 is 1.21 bits per heavy atom. The minimum atomic E-state index is 0.0985. The highest BCUT2D eigenvalue weighted by Crippen LogP contribution is 2.17. The first-order valence-electron chi connectivity index (χ1n) is 4.77. The number of nitrogens with two attached hydrogens (primary N) is 1. The average Bonchev–Trinajstić information content (AvgIpc) is 2.27. The number of nitrogens with zero attached hydrogens (tertiary/aromatic N) is 2.